The molecule has 8 heteroatoms. The third kappa shape index (κ3) is 3.84. The molecule has 2 aromatic carbocycles. The van der Waals surface area contributed by atoms with E-state index in [9.17, 15) is 19.5 Å². The number of nitrogens with one attached hydrogen (secondary N) is 1. The summed E-state index contributed by atoms with van der Waals surface area (Å²) in [5.74, 6) is -1.53. The van der Waals surface area contributed by atoms with Crippen LogP contribution in [0.1, 0.15) is 23.5 Å². The van der Waals surface area contributed by atoms with Crippen LogP contribution in [0.15, 0.2) is 60.7 Å². The first-order chi connectivity index (χ1) is 16.5. The lowest BCUT2D eigenvalue weighted by atomic mass is 9.91. The van der Waals surface area contributed by atoms with Gasteiger partial charge in [-0.2, -0.15) is 0 Å². The lowest BCUT2D eigenvalue weighted by Crippen LogP contribution is -2.45. The number of nitrogens with zero attached hydrogens (tertiary/aromatic N) is 1. The molecule has 34 heavy (non-hydrogen) atoms. The molecule has 0 spiro atoms. The molecule has 2 N–H and O–H groups in total. The van der Waals surface area contributed by atoms with E-state index >= 15 is 0 Å². The number of hydrogen-bond acceptors (Lipinski definition) is 5. The van der Waals surface area contributed by atoms with Crippen LogP contribution < -0.4 is 5.32 Å². The van der Waals surface area contributed by atoms with Crippen molar-refractivity contribution in [3.63, 3.8) is 0 Å². The molecule has 2 unspecified atom stereocenters. The molecular formula is C26H26N2O6. The van der Waals surface area contributed by atoms with E-state index in [4.69, 9.17) is 9.47 Å². The number of rotatable bonds is 6. The zero-order valence-electron chi connectivity index (χ0n) is 18.6. The Kier molecular flexibility index (Phi) is 5.83. The Labute approximate surface area is 197 Å². The molecule has 0 bridgehead atoms. The SMILES string of the molecule is O=C(NC/C=C/C(=O)N1CC2CCOC2(C(=O)O)C1)OCC1c2ccccc2-c2ccccc21. The Morgan fingerprint density at radius 1 is 1.12 bits per heavy atom. The number of alkyl carbamates (subject to hydrolysis) is 1. The molecule has 0 aromatic heterocycles. The maximum Gasteiger partial charge on any atom is 0.407 e. The minimum atomic E-state index is -1.29. The predicted molar refractivity (Wildman–Crippen MR) is 123 cm³/mol. The van der Waals surface area contributed by atoms with Gasteiger partial charge < -0.3 is 24.8 Å². The second kappa shape index (κ2) is 8.95. The first-order valence-electron chi connectivity index (χ1n) is 11.4. The third-order valence-electron chi connectivity index (χ3n) is 6.99. The van der Waals surface area contributed by atoms with Crippen molar-refractivity contribution in [3.8, 4) is 11.1 Å². The zero-order chi connectivity index (χ0) is 23.7. The van der Waals surface area contributed by atoms with Crippen molar-refractivity contribution < 1.29 is 29.0 Å². The van der Waals surface area contributed by atoms with E-state index in [0.29, 0.717) is 19.6 Å². The summed E-state index contributed by atoms with van der Waals surface area (Å²) in [5.41, 5.74) is 3.31. The van der Waals surface area contributed by atoms with Crippen LogP contribution in [0.5, 0.6) is 0 Å². The Morgan fingerprint density at radius 2 is 1.79 bits per heavy atom. The van der Waals surface area contributed by atoms with Crippen molar-refractivity contribution in [2.24, 2.45) is 5.92 Å². The van der Waals surface area contributed by atoms with Gasteiger partial charge in [0.1, 0.15) is 6.61 Å². The number of benzene rings is 2. The van der Waals surface area contributed by atoms with Gasteiger partial charge in [-0.05, 0) is 28.7 Å². The lowest BCUT2D eigenvalue weighted by molar-refractivity contribution is -0.161. The smallest absolute Gasteiger partial charge is 0.407 e. The Balaban J connectivity index is 1.11. The number of carbonyl (C=O) groups is 3. The van der Waals surface area contributed by atoms with E-state index in [0.717, 1.165) is 22.3 Å². The van der Waals surface area contributed by atoms with Crippen molar-refractivity contribution >= 4 is 18.0 Å². The highest BCUT2D eigenvalue weighted by Gasteiger charge is 2.57. The molecule has 2 fully saturated rings. The van der Waals surface area contributed by atoms with Crippen LogP contribution in [-0.2, 0) is 19.1 Å². The van der Waals surface area contributed by atoms with E-state index in [1.54, 1.807) is 0 Å². The van der Waals surface area contributed by atoms with Gasteiger partial charge in [-0.1, -0.05) is 54.6 Å². The van der Waals surface area contributed by atoms with E-state index in [1.165, 1.54) is 17.1 Å². The van der Waals surface area contributed by atoms with Crippen LogP contribution in [0.3, 0.4) is 0 Å². The molecule has 2 heterocycles. The predicted octanol–water partition coefficient (Wildman–Crippen LogP) is 2.78. The molecule has 5 rings (SSSR count). The number of ether oxygens (including phenoxy) is 2. The summed E-state index contributed by atoms with van der Waals surface area (Å²) >= 11 is 0. The molecule has 8 nitrogen and oxygen atoms in total. The number of amides is 2. The average Bonchev–Trinajstić information content (AvgIpc) is 3.50. The van der Waals surface area contributed by atoms with Gasteiger partial charge in [0.2, 0.25) is 5.91 Å². The summed E-state index contributed by atoms with van der Waals surface area (Å²) in [6, 6.07) is 16.2. The highest BCUT2D eigenvalue weighted by atomic mass is 16.5. The third-order valence-corrected chi connectivity index (χ3v) is 6.99. The van der Waals surface area contributed by atoms with Gasteiger partial charge in [-0.15, -0.1) is 0 Å². The maximum atomic E-state index is 12.5. The molecule has 176 valence electrons. The molecule has 2 aliphatic heterocycles. The highest BCUT2D eigenvalue weighted by molar-refractivity contribution is 5.90. The maximum absolute atomic E-state index is 12.5. The number of carboxylic acid groups (broad SMARTS) is 1. The number of likely N-dealkylation sites (tertiary alicyclic amines) is 1. The van der Waals surface area contributed by atoms with E-state index < -0.39 is 17.7 Å². The fourth-order valence-corrected chi connectivity index (χ4v) is 5.29. The van der Waals surface area contributed by atoms with Crippen LogP contribution in [0, 0.1) is 5.92 Å². The van der Waals surface area contributed by atoms with E-state index in [1.807, 2.05) is 24.3 Å². The summed E-state index contributed by atoms with van der Waals surface area (Å²) in [5, 5.41) is 12.2. The summed E-state index contributed by atoms with van der Waals surface area (Å²) in [6.07, 6.45) is 2.95. The lowest BCUT2D eigenvalue weighted by Gasteiger charge is -2.22. The summed E-state index contributed by atoms with van der Waals surface area (Å²) in [6.45, 7) is 1.14. The topological polar surface area (TPSA) is 105 Å². The molecule has 2 atom stereocenters. The molecule has 3 aliphatic rings. The van der Waals surface area contributed by atoms with Crippen LogP contribution in [-0.4, -0.2) is 66.4 Å². The number of hydrogen-bond donors (Lipinski definition) is 2. The fourth-order valence-electron chi connectivity index (χ4n) is 5.29. The summed E-state index contributed by atoms with van der Waals surface area (Å²) in [7, 11) is 0. The first-order valence-corrected chi connectivity index (χ1v) is 11.4. The van der Waals surface area contributed by atoms with Crippen molar-refractivity contribution in [1.82, 2.24) is 10.2 Å². The summed E-state index contributed by atoms with van der Waals surface area (Å²) < 4.78 is 11.0. The van der Waals surface area contributed by atoms with Crippen LogP contribution >= 0.6 is 0 Å². The van der Waals surface area contributed by atoms with Crippen molar-refractivity contribution in [3.05, 3.63) is 71.8 Å². The molecule has 2 aromatic rings. The minimum Gasteiger partial charge on any atom is -0.479 e. The highest BCUT2D eigenvalue weighted by Crippen LogP contribution is 2.44. The van der Waals surface area contributed by atoms with Crippen LogP contribution in [0.4, 0.5) is 4.79 Å². The fraction of sp³-hybridized carbons (Fsp3) is 0.346. The van der Waals surface area contributed by atoms with Gasteiger partial charge >= 0.3 is 12.1 Å². The molecule has 2 saturated heterocycles. The van der Waals surface area contributed by atoms with Crippen LogP contribution in [0.25, 0.3) is 11.1 Å². The molecule has 0 saturated carbocycles. The largest absolute Gasteiger partial charge is 0.479 e. The first kappa shape index (κ1) is 22.2. The average molecular weight is 463 g/mol. The summed E-state index contributed by atoms with van der Waals surface area (Å²) in [4.78, 5) is 37.8. The second-order valence-corrected chi connectivity index (χ2v) is 8.86. The minimum absolute atomic E-state index is 0.0198. The Morgan fingerprint density at radius 3 is 2.44 bits per heavy atom. The standard InChI is InChI=1S/C26H26N2O6/c29-23(28-14-17-11-13-34-26(17,16-28)24(30)31)10-5-12-27-25(32)33-15-22-20-8-3-1-6-18(20)19-7-2-4-9-21(19)22/h1-10,17,22H,11-16H2,(H,27,32)(H,30,31)/b10-5+. The van der Waals surface area contributed by atoms with Crippen molar-refractivity contribution in [1.29, 1.82) is 0 Å². The molecule has 0 radical (unpaired) electrons. The number of fused-ring (bicyclic) bond motifs is 4. The van der Waals surface area contributed by atoms with Gasteiger partial charge in [-0.25, -0.2) is 9.59 Å². The van der Waals surface area contributed by atoms with E-state index in [2.05, 4.69) is 29.6 Å². The molecule has 2 amide bonds. The van der Waals surface area contributed by atoms with Crippen molar-refractivity contribution in [2.45, 2.75) is 17.9 Å². The number of carbonyl (C=O) groups excluding carboxylic acids is 2. The van der Waals surface area contributed by atoms with Crippen molar-refractivity contribution in [2.75, 3.05) is 32.8 Å². The monoisotopic (exact) mass is 462 g/mol. The van der Waals surface area contributed by atoms with Gasteiger partial charge in [0.05, 0.1) is 6.54 Å². The van der Waals surface area contributed by atoms with Gasteiger partial charge in [0, 0.05) is 37.6 Å². The molecule has 1 aliphatic carbocycles. The van der Waals surface area contributed by atoms with Crippen LogP contribution in [0.2, 0.25) is 0 Å². The quantitative estimate of drug-likeness (QED) is 0.640. The van der Waals surface area contributed by atoms with Gasteiger partial charge in [0.15, 0.2) is 5.60 Å². The Hall–Kier alpha value is -3.65. The van der Waals surface area contributed by atoms with Gasteiger partial charge in [0.25, 0.3) is 0 Å². The van der Waals surface area contributed by atoms with E-state index in [-0.39, 0.29) is 37.4 Å². The number of aliphatic carboxylic acids is 1. The Bertz CT molecular complexity index is 1120. The van der Waals surface area contributed by atoms with Gasteiger partial charge in [-0.3, -0.25) is 4.79 Å². The molecular weight excluding hydrogens is 436 g/mol. The second-order valence-electron chi connectivity index (χ2n) is 8.86. The zero-order valence-corrected chi connectivity index (χ0v) is 18.6. The number of carboxylic acids is 1. The normalized spacial score (nSPS) is 22.9.